The van der Waals surface area contributed by atoms with Gasteiger partial charge < -0.3 is 9.31 Å². The van der Waals surface area contributed by atoms with Crippen LogP contribution in [0.25, 0.3) is 6.08 Å². The van der Waals surface area contributed by atoms with Crippen LogP contribution in [0.2, 0.25) is 0 Å². The third kappa shape index (κ3) is 2.79. The van der Waals surface area contributed by atoms with Gasteiger partial charge in [-0.1, -0.05) is 5.98 Å². The molecule has 108 valence electrons. The molecule has 2 rings (SSSR count). The molecule has 20 heavy (non-hydrogen) atoms. The smallest absolute Gasteiger partial charge is 0.400 e. The van der Waals surface area contributed by atoms with E-state index >= 15 is 0 Å². The summed E-state index contributed by atoms with van der Waals surface area (Å²) in [6, 6.07) is 1.72. The van der Waals surface area contributed by atoms with E-state index in [4.69, 9.17) is 9.31 Å². The first kappa shape index (κ1) is 15.2. The normalized spacial score (nSPS) is 20.9. The average Bonchev–Trinajstić information content (AvgIpc) is 2.50. The SMILES string of the molecule is Cc1cc(C)c(F)c(/C=C/B2OC(C)(C)C(C)(C)O2)n1. The topological polar surface area (TPSA) is 31.4 Å². The molecular weight excluding hydrogens is 256 g/mol. The highest BCUT2D eigenvalue weighted by molar-refractivity contribution is 6.52. The molecule has 0 unspecified atom stereocenters. The van der Waals surface area contributed by atoms with Crippen LogP contribution < -0.4 is 0 Å². The Morgan fingerprint density at radius 1 is 1.15 bits per heavy atom. The fourth-order valence-electron chi connectivity index (χ4n) is 2.10. The quantitative estimate of drug-likeness (QED) is 0.775. The van der Waals surface area contributed by atoms with Gasteiger partial charge in [-0.2, -0.15) is 0 Å². The Balaban J connectivity index is 2.20. The first-order chi connectivity index (χ1) is 9.12. The van der Waals surface area contributed by atoms with E-state index < -0.39 is 18.3 Å². The lowest BCUT2D eigenvalue weighted by Gasteiger charge is -2.32. The Hall–Kier alpha value is -1.20. The molecule has 0 N–H and O–H groups in total. The van der Waals surface area contributed by atoms with Crippen LogP contribution in [0.15, 0.2) is 12.0 Å². The summed E-state index contributed by atoms with van der Waals surface area (Å²) in [6.45, 7) is 11.5. The minimum absolute atomic E-state index is 0.302. The highest BCUT2D eigenvalue weighted by Crippen LogP contribution is 2.37. The molecule has 0 aromatic carbocycles. The Kier molecular flexibility index (Phi) is 3.78. The fraction of sp³-hybridized carbons (Fsp3) is 0.533. The molecule has 0 bridgehead atoms. The fourth-order valence-corrected chi connectivity index (χ4v) is 2.10. The molecule has 0 saturated carbocycles. The molecule has 3 nitrogen and oxygen atoms in total. The van der Waals surface area contributed by atoms with Crippen LogP contribution in [0.3, 0.4) is 0 Å². The number of aryl methyl sites for hydroxylation is 2. The monoisotopic (exact) mass is 277 g/mol. The first-order valence-electron chi connectivity index (χ1n) is 6.80. The van der Waals surface area contributed by atoms with E-state index in [0.29, 0.717) is 11.3 Å². The van der Waals surface area contributed by atoms with Crippen LogP contribution in [-0.2, 0) is 9.31 Å². The number of hydrogen-bond acceptors (Lipinski definition) is 3. The zero-order valence-corrected chi connectivity index (χ0v) is 13.0. The van der Waals surface area contributed by atoms with Crippen molar-refractivity contribution in [2.75, 3.05) is 0 Å². The van der Waals surface area contributed by atoms with Crippen molar-refractivity contribution in [3.63, 3.8) is 0 Å². The van der Waals surface area contributed by atoms with E-state index in [2.05, 4.69) is 4.98 Å². The summed E-state index contributed by atoms with van der Waals surface area (Å²) in [5.74, 6) is 1.41. The lowest BCUT2D eigenvalue weighted by molar-refractivity contribution is 0.00578. The molecular formula is C15H21BFNO2. The van der Waals surface area contributed by atoms with Gasteiger partial charge in [0.15, 0.2) is 5.82 Å². The van der Waals surface area contributed by atoms with Gasteiger partial charge in [0, 0.05) is 5.69 Å². The van der Waals surface area contributed by atoms with Gasteiger partial charge >= 0.3 is 7.12 Å². The van der Waals surface area contributed by atoms with E-state index in [-0.39, 0.29) is 5.82 Å². The third-order valence-electron chi connectivity index (χ3n) is 3.98. The molecule has 2 heterocycles. The van der Waals surface area contributed by atoms with Crippen LogP contribution in [0.4, 0.5) is 4.39 Å². The molecule has 1 aliphatic rings. The minimum Gasteiger partial charge on any atom is -0.400 e. The molecule has 0 radical (unpaired) electrons. The maximum atomic E-state index is 14.0. The van der Waals surface area contributed by atoms with E-state index in [0.717, 1.165) is 5.69 Å². The van der Waals surface area contributed by atoms with Gasteiger partial charge in [0.25, 0.3) is 0 Å². The number of halogens is 1. The molecule has 0 aliphatic carbocycles. The summed E-state index contributed by atoms with van der Waals surface area (Å²) in [5, 5.41) is 0. The standard InChI is InChI=1S/C15H21BFNO2/c1-10-9-11(2)18-12(13(10)17)7-8-16-19-14(3,4)15(5,6)20-16/h7-9H,1-6H3/b8-7+. The summed E-state index contributed by atoms with van der Waals surface area (Å²) in [6.07, 6.45) is 1.62. The number of rotatable bonds is 2. The van der Waals surface area contributed by atoms with Crippen LogP contribution >= 0.6 is 0 Å². The molecule has 0 spiro atoms. The van der Waals surface area contributed by atoms with Crippen LogP contribution in [0.5, 0.6) is 0 Å². The molecule has 1 aromatic rings. The largest absolute Gasteiger partial charge is 0.487 e. The highest BCUT2D eigenvalue weighted by atomic mass is 19.1. The minimum atomic E-state index is -0.484. The van der Waals surface area contributed by atoms with Crippen molar-refractivity contribution >= 4 is 13.2 Å². The number of aromatic nitrogens is 1. The van der Waals surface area contributed by atoms with Gasteiger partial charge in [-0.15, -0.1) is 0 Å². The van der Waals surface area contributed by atoms with Gasteiger partial charge in [-0.25, -0.2) is 4.39 Å². The second kappa shape index (κ2) is 4.97. The van der Waals surface area contributed by atoms with Crippen molar-refractivity contribution in [1.82, 2.24) is 4.98 Å². The lowest BCUT2D eigenvalue weighted by atomic mass is 9.89. The Bertz CT molecular complexity index is 539. The van der Waals surface area contributed by atoms with E-state index in [1.165, 1.54) is 0 Å². The molecule has 5 heteroatoms. The Labute approximate surface area is 120 Å². The van der Waals surface area contributed by atoms with Crippen LogP contribution in [0.1, 0.15) is 44.6 Å². The number of hydrogen-bond donors (Lipinski definition) is 0. The number of nitrogens with zero attached hydrogens (tertiary/aromatic N) is 1. The summed E-state index contributed by atoms with van der Waals surface area (Å²) in [5.41, 5.74) is 0.910. The van der Waals surface area contributed by atoms with Gasteiger partial charge in [0.05, 0.1) is 16.9 Å². The summed E-state index contributed by atoms with van der Waals surface area (Å²) >= 11 is 0. The van der Waals surface area contributed by atoms with Crippen molar-refractivity contribution in [2.24, 2.45) is 0 Å². The summed E-state index contributed by atoms with van der Waals surface area (Å²) < 4.78 is 25.6. The van der Waals surface area contributed by atoms with Gasteiger partial charge in [0.1, 0.15) is 0 Å². The molecule has 0 amide bonds. The van der Waals surface area contributed by atoms with E-state index in [1.807, 2.05) is 34.6 Å². The van der Waals surface area contributed by atoms with Gasteiger partial charge in [-0.3, -0.25) is 4.98 Å². The predicted molar refractivity (Wildman–Crippen MR) is 78.8 cm³/mol. The first-order valence-corrected chi connectivity index (χ1v) is 6.80. The zero-order chi connectivity index (χ0) is 15.1. The van der Waals surface area contributed by atoms with Crippen molar-refractivity contribution in [3.8, 4) is 0 Å². The van der Waals surface area contributed by atoms with E-state index in [9.17, 15) is 4.39 Å². The Morgan fingerprint density at radius 3 is 2.25 bits per heavy atom. The second-order valence-corrected chi connectivity index (χ2v) is 6.26. The zero-order valence-electron chi connectivity index (χ0n) is 13.0. The molecule has 1 aromatic heterocycles. The van der Waals surface area contributed by atoms with Crippen molar-refractivity contribution < 1.29 is 13.7 Å². The van der Waals surface area contributed by atoms with Crippen molar-refractivity contribution in [1.29, 1.82) is 0 Å². The Morgan fingerprint density at radius 2 is 1.70 bits per heavy atom. The molecule has 0 atom stereocenters. The van der Waals surface area contributed by atoms with E-state index in [1.54, 1.807) is 25.0 Å². The average molecular weight is 277 g/mol. The second-order valence-electron chi connectivity index (χ2n) is 6.26. The van der Waals surface area contributed by atoms with Gasteiger partial charge in [0.2, 0.25) is 0 Å². The predicted octanol–water partition coefficient (Wildman–Crippen LogP) is 3.48. The molecule has 1 saturated heterocycles. The molecule has 1 aliphatic heterocycles. The van der Waals surface area contributed by atoms with Crippen molar-refractivity contribution in [2.45, 2.75) is 52.7 Å². The lowest BCUT2D eigenvalue weighted by Crippen LogP contribution is -2.41. The molecule has 1 fully saturated rings. The van der Waals surface area contributed by atoms with Crippen LogP contribution in [-0.4, -0.2) is 23.3 Å². The highest BCUT2D eigenvalue weighted by Gasteiger charge is 2.50. The van der Waals surface area contributed by atoms with Crippen molar-refractivity contribution in [3.05, 3.63) is 34.8 Å². The third-order valence-corrected chi connectivity index (χ3v) is 3.98. The summed E-state index contributed by atoms with van der Waals surface area (Å²) in [7, 11) is -0.484. The van der Waals surface area contributed by atoms with Gasteiger partial charge in [-0.05, 0) is 59.2 Å². The van der Waals surface area contributed by atoms with Crippen LogP contribution in [0, 0.1) is 19.7 Å². The maximum Gasteiger partial charge on any atom is 0.487 e. The number of pyridine rings is 1. The maximum absolute atomic E-state index is 14.0. The summed E-state index contributed by atoms with van der Waals surface area (Å²) in [4.78, 5) is 4.19.